The molecule has 1 amide bonds. The number of hydrogen-bond acceptors (Lipinski definition) is 3. The molecule has 1 heterocycles. The molecule has 0 spiro atoms. The molecule has 0 aromatic carbocycles. The number of carbonyl (C=O) groups is 1. The molecule has 1 saturated carbocycles. The molecule has 0 radical (unpaired) electrons. The number of rotatable bonds is 2. The fraction of sp³-hybridized carbons (Fsp3) is 0.588. The summed E-state index contributed by atoms with van der Waals surface area (Å²) in [5, 5.41) is 11.9. The highest BCUT2D eigenvalue weighted by Gasteiger charge is 2.19. The van der Waals surface area contributed by atoms with Gasteiger partial charge in [0.2, 0.25) is 0 Å². The van der Waals surface area contributed by atoms with Crippen LogP contribution in [0.1, 0.15) is 59.1 Å². The van der Waals surface area contributed by atoms with E-state index in [-0.39, 0.29) is 12.5 Å². The van der Waals surface area contributed by atoms with Crippen LogP contribution in [0.5, 0.6) is 0 Å². The zero-order valence-corrected chi connectivity index (χ0v) is 13.6. The summed E-state index contributed by atoms with van der Waals surface area (Å²) in [4.78, 5) is 13.9. The van der Waals surface area contributed by atoms with Crippen molar-refractivity contribution in [3.05, 3.63) is 21.4 Å². The van der Waals surface area contributed by atoms with E-state index in [9.17, 15) is 4.79 Å². The van der Waals surface area contributed by atoms with Gasteiger partial charge in [-0.2, -0.15) is 0 Å². The van der Waals surface area contributed by atoms with Crippen LogP contribution < -0.4 is 5.32 Å². The molecule has 2 N–H and O–H groups in total. The normalized spacial score (nSPS) is 22.0. The minimum Gasteiger partial charge on any atom is -0.384 e. The van der Waals surface area contributed by atoms with Crippen LogP contribution >= 0.6 is 11.3 Å². The van der Waals surface area contributed by atoms with Gasteiger partial charge in [0.05, 0.1) is 9.75 Å². The fourth-order valence-electron chi connectivity index (χ4n) is 2.73. The van der Waals surface area contributed by atoms with Crippen LogP contribution in [0.15, 0.2) is 6.07 Å². The third kappa shape index (κ3) is 4.59. The van der Waals surface area contributed by atoms with Crippen LogP contribution in [0.4, 0.5) is 0 Å². The average molecular weight is 305 g/mol. The number of aliphatic hydroxyl groups excluding tert-OH is 1. The van der Waals surface area contributed by atoms with Crippen molar-refractivity contribution in [2.75, 3.05) is 6.61 Å². The molecule has 1 fully saturated rings. The minimum atomic E-state index is -0.154. The highest BCUT2D eigenvalue weighted by atomic mass is 32.1. The quantitative estimate of drug-likeness (QED) is 0.651. The first-order valence-electron chi connectivity index (χ1n) is 7.61. The number of aryl methyl sites for hydroxylation is 1. The van der Waals surface area contributed by atoms with Gasteiger partial charge < -0.3 is 10.4 Å². The summed E-state index contributed by atoms with van der Waals surface area (Å²) in [6.07, 6.45) is 5.82. The Hall–Kier alpha value is -1.31. The summed E-state index contributed by atoms with van der Waals surface area (Å²) < 4.78 is 0. The van der Waals surface area contributed by atoms with E-state index in [1.807, 2.05) is 13.0 Å². The molecule has 0 saturated heterocycles. The van der Waals surface area contributed by atoms with Crippen molar-refractivity contribution >= 4 is 17.2 Å². The first-order chi connectivity index (χ1) is 10.1. The van der Waals surface area contributed by atoms with Crippen LogP contribution in [0.2, 0.25) is 0 Å². The molecule has 2 unspecified atom stereocenters. The van der Waals surface area contributed by atoms with Crippen molar-refractivity contribution < 1.29 is 9.90 Å². The zero-order chi connectivity index (χ0) is 15.2. The molecular weight excluding hydrogens is 282 g/mol. The highest BCUT2D eigenvalue weighted by Crippen LogP contribution is 2.24. The van der Waals surface area contributed by atoms with Crippen molar-refractivity contribution in [3.63, 3.8) is 0 Å². The predicted molar refractivity (Wildman–Crippen MR) is 86.5 cm³/mol. The molecule has 2 atom stereocenters. The number of aliphatic hydroxyl groups is 1. The van der Waals surface area contributed by atoms with E-state index in [1.54, 1.807) is 0 Å². The van der Waals surface area contributed by atoms with E-state index in [0.29, 0.717) is 10.9 Å². The first-order valence-corrected chi connectivity index (χ1v) is 8.43. The van der Waals surface area contributed by atoms with Crippen LogP contribution in [0.3, 0.4) is 0 Å². The molecule has 0 aliphatic heterocycles. The molecule has 4 heteroatoms. The van der Waals surface area contributed by atoms with Gasteiger partial charge in [-0.1, -0.05) is 31.6 Å². The summed E-state index contributed by atoms with van der Waals surface area (Å²) in [6, 6.07) is 2.19. The lowest BCUT2D eigenvalue weighted by molar-refractivity contribution is 0.0937. The lowest BCUT2D eigenvalue weighted by Gasteiger charge is -2.15. The van der Waals surface area contributed by atoms with E-state index in [2.05, 4.69) is 24.1 Å². The van der Waals surface area contributed by atoms with E-state index in [4.69, 9.17) is 5.11 Å². The lowest BCUT2D eigenvalue weighted by atomic mass is 10.0. The van der Waals surface area contributed by atoms with E-state index >= 15 is 0 Å². The van der Waals surface area contributed by atoms with Gasteiger partial charge in [0.25, 0.3) is 5.91 Å². The minimum absolute atomic E-state index is 0.0136. The third-order valence-electron chi connectivity index (χ3n) is 4.02. The summed E-state index contributed by atoms with van der Waals surface area (Å²) in [6.45, 7) is 4.08. The molecule has 1 aromatic rings. The number of thiophene rings is 1. The molecular formula is C17H23NO2S. The molecule has 2 rings (SSSR count). The second-order valence-electron chi connectivity index (χ2n) is 5.87. The van der Waals surface area contributed by atoms with Crippen LogP contribution in [0.25, 0.3) is 0 Å². The monoisotopic (exact) mass is 305 g/mol. The molecule has 0 bridgehead atoms. The summed E-state index contributed by atoms with van der Waals surface area (Å²) >= 11 is 1.41. The molecule has 21 heavy (non-hydrogen) atoms. The van der Waals surface area contributed by atoms with Gasteiger partial charge in [0, 0.05) is 6.04 Å². The third-order valence-corrected chi connectivity index (χ3v) is 5.17. The average Bonchev–Trinajstić information content (AvgIpc) is 2.71. The van der Waals surface area contributed by atoms with Gasteiger partial charge in [-0.3, -0.25) is 4.79 Å². The Morgan fingerprint density at radius 2 is 2.24 bits per heavy atom. The second kappa shape index (κ2) is 7.63. The van der Waals surface area contributed by atoms with Crippen molar-refractivity contribution in [3.8, 4) is 11.8 Å². The highest BCUT2D eigenvalue weighted by molar-refractivity contribution is 7.14. The number of nitrogens with one attached hydrogen (secondary N) is 1. The molecule has 3 nitrogen and oxygen atoms in total. The predicted octanol–water partition coefficient (Wildman–Crippen LogP) is 3.10. The Morgan fingerprint density at radius 1 is 1.43 bits per heavy atom. The topological polar surface area (TPSA) is 49.3 Å². The molecule has 114 valence electrons. The molecule has 1 aromatic heterocycles. The Labute approximate surface area is 130 Å². The zero-order valence-electron chi connectivity index (χ0n) is 12.7. The second-order valence-corrected chi connectivity index (χ2v) is 6.92. The van der Waals surface area contributed by atoms with Gasteiger partial charge in [0.1, 0.15) is 6.61 Å². The van der Waals surface area contributed by atoms with E-state index < -0.39 is 0 Å². The largest absolute Gasteiger partial charge is 0.384 e. The number of carbonyl (C=O) groups excluding carboxylic acids is 1. The van der Waals surface area contributed by atoms with Gasteiger partial charge >= 0.3 is 0 Å². The van der Waals surface area contributed by atoms with E-state index in [0.717, 1.165) is 29.2 Å². The molecule has 1 aliphatic carbocycles. The van der Waals surface area contributed by atoms with Gasteiger partial charge in [-0.25, -0.2) is 0 Å². The summed E-state index contributed by atoms with van der Waals surface area (Å²) in [5.41, 5.74) is 1.00. The van der Waals surface area contributed by atoms with Gasteiger partial charge in [-0.05, 0) is 43.7 Å². The van der Waals surface area contributed by atoms with Crippen LogP contribution in [-0.2, 0) is 0 Å². The van der Waals surface area contributed by atoms with Crippen molar-refractivity contribution in [1.29, 1.82) is 0 Å². The maximum atomic E-state index is 12.3. The molecule has 1 aliphatic rings. The van der Waals surface area contributed by atoms with Gasteiger partial charge in [0.15, 0.2) is 0 Å². The van der Waals surface area contributed by atoms with Crippen molar-refractivity contribution in [1.82, 2.24) is 5.32 Å². The summed E-state index contributed by atoms with van der Waals surface area (Å²) in [7, 11) is 0. The smallest absolute Gasteiger partial charge is 0.261 e. The Balaban J connectivity index is 2.00. The Kier molecular flexibility index (Phi) is 5.84. The van der Waals surface area contributed by atoms with Crippen molar-refractivity contribution in [2.45, 2.75) is 52.0 Å². The fourth-order valence-corrected chi connectivity index (χ4v) is 3.68. The van der Waals surface area contributed by atoms with Crippen molar-refractivity contribution in [2.24, 2.45) is 5.92 Å². The standard InChI is InChI=1S/C17H23NO2S/c1-12-5-3-6-14(9-8-12)18-17(20)16-11-13(2)15(21-16)7-4-10-19/h11-12,14,19H,3,5-6,8-10H2,1-2H3,(H,18,20). The van der Waals surface area contributed by atoms with E-state index in [1.165, 1.54) is 30.6 Å². The Bertz CT molecular complexity index is 553. The SMILES string of the molecule is Cc1cc(C(=O)NC2CCCC(C)CC2)sc1C#CCO. The first kappa shape index (κ1) is 16.1. The lowest BCUT2D eigenvalue weighted by Crippen LogP contribution is -2.33. The Morgan fingerprint density at radius 3 is 3.00 bits per heavy atom. The van der Waals surface area contributed by atoms with Crippen LogP contribution in [0, 0.1) is 24.7 Å². The maximum absolute atomic E-state index is 12.3. The maximum Gasteiger partial charge on any atom is 0.261 e. The number of hydrogen-bond donors (Lipinski definition) is 2. The van der Waals surface area contributed by atoms with Gasteiger partial charge in [-0.15, -0.1) is 11.3 Å². The van der Waals surface area contributed by atoms with Crippen LogP contribution in [-0.4, -0.2) is 23.7 Å². The number of amides is 1. The summed E-state index contributed by atoms with van der Waals surface area (Å²) in [5.74, 6) is 6.32.